The van der Waals surface area contributed by atoms with E-state index >= 15 is 0 Å². The summed E-state index contributed by atoms with van der Waals surface area (Å²) in [6, 6.07) is 5.71. The highest BCUT2D eigenvalue weighted by molar-refractivity contribution is 7.98. The van der Waals surface area contributed by atoms with Gasteiger partial charge in [0.05, 0.1) is 37.0 Å². The molecule has 0 radical (unpaired) electrons. The zero-order chi connectivity index (χ0) is 28.3. The number of carbonyl (C=O) groups excluding carboxylic acids is 1. The predicted molar refractivity (Wildman–Crippen MR) is 143 cm³/mol. The SMILES string of the molecule is CS(=O)(=O)O.CS(=O)(=O)O.Cc1[nH]cnc1CSCCN=C1N=CC(Cc2ccc3c(c2)OCO3)C(=O)N1. The van der Waals surface area contributed by atoms with Crippen molar-refractivity contribution in [2.24, 2.45) is 15.9 Å². The van der Waals surface area contributed by atoms with Gasteiger partial charge in [-0.15, -0.1) is 0 Å². The second-order valence-corrected chi connectivity index (χ2v) is 12.0. The summed E-state index contributed by atoms with van der Waals surface area (Å²) in [7, 11) is -7.33. The monoisotopic (exact) mass is 591 g/mol. The van der Waals surface area contributed by atoms with Crippen molar-refractivity contribution in [3.05, 3.63) is 41.5 Å². The van der Waals surface area contributed by atoms with Gasteiger partial charge in [0, 0.05) is 23.4 Å². The molecule has 1 aromatic heterocycles. The average molecular weight is 592 g/mol. The van der Waals surface area contributed by atoms with E-state index in [1.165, 1.54) is 0 Å². The van der Waals surface area contributed by atoms with Crippen molar-refractivity contribution < 1.29 is 40.2 Å². The van der Waals surface area contributed by atoms with Crippen LogP contribution in [0, 0.1) is 12.8 Å². The highest BCUT2D eigenvalue weighted by Crippen LogP contribution is 2.33. The summed E-state index contributed by atoms with van der Waals surface area (Å²) in [5, 5.41) is 2.78. The van der Waals surface area contributed by atoms with Crippen molar-refractivity contribution in [1.82, 2.24) is 15.3 Å². The Kier molecular flexibility index (Phi) is 11.7. The summed E-state index contributed by atoms with van der Waals surface area (Å²) in [5.74, 6) is 3.09. The van der Waals surface area contributed by atoms with E-state index in [0.29, 0.717) is 31.4 Å². The van der Waals surface area contributed by atoms with Crippen LogP contribution in [0.2, 0.25) is 0 Å². The molecule has 4 rings (SSSR count). The number of nitrogens with one attached hydrogen (secondary N) is 2. The number of hydrogen-bond donors (Lipinski definition) is 4. The number of guanidine groups is 1. The molecule has 2 aromatic rings. The number of H-pyrrole nitrogens is 1. The van der Waals surface area contributed by atoms with Gasteiger partial charge in [-0.3, -0.25) is 24.2 Å². The Bertz CT molecular complexity index is 1330. The molecule has 17 heteroatoms. The van der Waals surface area contributed by atoms with Gasteiger partial charge in [-0.25, -0.2) is 9.98 Å². The molecule has 0 saturated carbocycles. The molecule has 0 fully saturated rings. The summed E-state index contributed by atoms with van der Waals surface area (Å²) >= 11 is 1.75. The Morgan fingerprint density at radius 1 is 1.13 bits per heavy atom. The molecule has 0 saturated heterocycles. The minimum absolute atomic E-state index is 0.0915. The van der Waals surface area contributed by atoms with Crippen LogP contribution in [0.25, 0.3) is 0 Å². The third kappa shape index (κ3) is 13.0. The Hall–Kier alpha value is -2.99. The van der Waals surface area contributed by atoms with Crippen LogP contribution in [0.1, 0.15) is 17.0 Å². The molecule has 210 valence electrons. The van der Waals surface area contributed by atoms with E-state index in [2.05, 4.69) is 25.3 Å². The molecule has 3 heterocycles. The molecular weight excluding hydrogens is 562 g/mol. The van der Waals surface area contributed by atoms with Gasteiger partial charge in [-0.05, 0) is 31.0 Å². The van der Waals surface area contributed by atoms with Gasteiger partial charge in [0.1, 0.15) is 0 Å². The van der Waals surface area contributed by atoms with Crippen LogP contribution >= 0.6 is 11.8 Å². The number of carbonyl (C=O) groups is 1. The van der Waals surface area contributed by atoms with Crippen molar-refractivity contribution in [2.45, 2.75) is 19.1 Å². The van der Waals surface area contributed by atoms with Crippen LogP contribution in [0.3, 0.4) is 0 Å². The standard InChI is InChI=1S/C19H21N5O3S.2CH4O3S/c1-12-15(23-10-22-12)9-28-5-4-20-19-21-8-14(18(25)24-19)6-13-2-3-16-17(7-13)27-11-26-16;2*1-5(2,3)4/h2-3,7-8,10,14H,4-6,9,11H2,1H3,(H,22,23)(H,20,24,25);2*1H3,(H,2,3,4). The Labute approximate surface area is 224 Å². The zero-order valence-corrected chi connectivity index (χ0v) is 23.3. The molecule has 0 spiro atoms. The molecule has 0 aliphatic carbocycles. The zero-order valence-electron chi connectivity index (χ0n) is 20.8. The van der Waals surface area contributed by atoms with Crippen LogP contribution in [0.15, 0.2) is 34.5 Å². The molecule has 4 N–H and O–H groups in total. The molecule has 1 aromatic carbocycles. The van der Waals surface area contributed by atoms with Crippen LogP contribution in [0.5, 0.6) is 11.5 Å². The number of aliphatic imine (C=N–C) groups is 2. The van der Waals surface area contributed by atoms with Crippen LogP contribution in [-0.2, 0) is 37.2 Å². The number of amides is 1. The number of imidazole rings is 1. The Morgan fingerprint density at radius 2 is 1.79 bits per heavy atom. The van der Waals surface area contributed by atoms with E-state index in [1.807, 2.05) is 25.1 Å². The summed E-state index contributed by atoms with van der Waals surface area (Å²) in [4.78, 5) is 28.4. The average Bonchev–Trinajstić information content (AvgIpc) is 3.41. The lowest BCUT2D eigenvalue weighted by molar-refractivity contribution is -0.121. The third-order valence-electron chi connectivity index (χ3n) is 4.51. The number of nitrogens with zero attached hydrogens (tertiary/aromatic N) is 3. The van der Waals surface area contributed by atoms with Crippen molar-refractivity contribution >= 4 is 50.1 Å². The number of hydrogen-bond acceptors (Lipinski definition) is 10. The summed E-state index contributed by atoms with van der Waals surface area (Å²) < 4.78 is 62.4. The lowest BCUT2D eigenvalue weighted by Crippen LogP contribution is -2.40. The van der Waals surface area contributed by atoms with Gasteiger partial charge in [-0.2, -0.15) is 28.6 Å². The first kappa shape index (κ1) is 31.2. The molecule has 0 bridgehead atoms. The maximum atomic E-state index is 12.4. The van der Waals surface area contributed by atoms with E-state index in [-0.39, 0.29) is 18.6 Å². The smallest absolute Gasteiger partial charge is 0.261 e. The van der Waals surface area contributed by atoms with E-state index in [1.54, 1.807) is 24.3 Å². The molecule has 1 atom stereocenters. The second-order valence-electron chi connectivity index (χ2n) is 7.96. The van der Waals surface area contributed by atoms with Gasteiger partial charge in [0.25, 0.3) is 20.2 Å². The fourth-order valence-corrected chi connectivity index (χ4v) is 3.78. The Morgan fingerprint density at radius 3 is 2.39 bits per heavy atom. The number of thioether (sulfide) groups is 1. The summed E-state index contributed by atoms with van der Waals surface area (Å²) in [6.45, 7) is 2.84. The maximum Gasteiger partial charge on any atom is 0.261 e. The van der Waals surface area contributed by atoms with Crippen molar-refractivity contribution in [3.63, 3.8) is 0 Å². The largest absolute Gasteiger partial charge is 0.454 e. The number of aromatic nitrogens is 2. The number of aromatic amines is 1. The van der Waals surface area contributed by atoms with E-state index < -0.39 is 20.2 Å². The van der Waals surface area contributed by atoms with Gasteiger partial charge in [0.2, 0.25) is 18.7 Å². The lowest BCUT2D eigenvalue weighted by atomic mass is 9.98. The fourth-order valence-electron chi connectivity index (χ4n) is 2.93. The maximum absolute atomic E-state index is 12.4. The molecule has 14 nitrogen and oxygen atoms in total. The number of fused-ring (bicyclic) bond motifs is 1. The van der Waals surface area contributed by atoms with Crippen LogP contribution in [-0.4, -0.2) is 85.6 Å². The van der Waals surface area contributed by atoms with Crippen molar-refractivity contribution in [1.29, 1.82) is 0 Å². The first-order chi connectivity index (χ1) is 17.7. The molecule has 1 unspecified atom stereocenters. The van der Waals surface area contributed by atoms with E-state index in [4.69, 9.17) is 18.6 Å². The number of ether oxygens (including phenoxy) is 2. The normalized spacial score (nSPS) is 17.2. The molecule has 38 heavy (non-hydrogen) atoms. The van der Waals surface area contributed by atoms with Crippen LogP contribution < -0.4 is 14.8 Å². The molecule has 2 aliphatic heterocycles. The Balaban J connectivity index is 0.000000435. The predicted octanol–water partition coefficient (Wildman–Crippen LogP) is 1.10. The fraction of sp³-hybridized carbons (Fsp3) is 0.429. The number of rotatable bonds is 7. The van der Waals surface area contributed by atoms with E-state index in [9.17, 15) is 21.6 Å². The van der Waals surface area contributed by atoms with Gasteiger partial charge >= 0.3 is 0 Å². The quantitative estimate of drug-likeness (QED) is 0.265. The molecule has 1 amide bonds. The second kappa shape index (κ2) is 14.2. The van der Waals surface area contributed by atoms with E-state index in [0.717, 1.165) is 40.0 Å². The molecular formula is C21H29N5O9S3. The highest BCUT2D eigenvalue weighted by Gasteiger charge is 2.23. The van der Waals surface area contributed by atoms with Gasteiger partial charge < -0.3 is 14.5 Å². The van der Waals surface area contributed by atoms with Crippen LogP contribution in [0.4, 0.5) is 0 Å². The van der Waals surface area contributed by atoms with Gasteiger partial charge in [0.15, 0.2) is 11.5 Å². The lowest BCUT2D eigenvalue weighted by Gasteiger charge is -2.17. The summed E-state index contributed by atoms with van der Waals surface area (Å²) in [6.07, 6.45) is 5.36. The van der Waals surface area contributed by atoms with Gasteiger partial charge in [-0.1, -0.05) is 6.07 Å². The first-order valence-electron chi connectivity index (χ1n) is 10.9. The molecule has 2 aliphatic rings. The minimum Gasteiger partial charge on any atom is -0.454 e. The van der Waals surface area contributed by atoms with Crippen molar-refractivity contribution in [2.75, 3.05) is 31.6 Å². The summed E-state index contributed by atoms with van der Waals surface area (Å²) in [5.41, 5.74) is 3.16. The first-order valence-corrected chi connectivity index (χ1v) is 15.7. The topological polar surface area (TPSA) is 210 Å². The number of benzene rings is 1. The minimum atomic E-state index is -3.67. The number of aryl methyl sites for hydroxylation is 1. The van der Waals surface area contributed by atoms with Crippen molar-refractivity contribution in [3.8, 4) is 11.5 Å². The third-order valence-corrected chi connectivity index (χ3v) is 5.46. The highest BCUT2D eigenvalue weighted by atomic mass is 32.2.